The molecule has 4 rings (SSSR count). The highest BCUT2D eigenvalue weighted by Crippen LogP contribution is 2.30. The van der Waals surface area contributed by atoms with Crippen LogP contribution in [0.25, 0.3) is 10.2 Å². The monoisotopic (exact) mass is 399 g/mol. The quantitative estimate of drug-likeness (QED) is 0.656. The van der Waals surface area contributed by atoms with Gasteiger partial charge in [-0.15, -0.1) is 0 Å². The maximum Gasteiger partial charge on any atom is 0.227 e. The van der Waals surface area contributed by atoms with Crippen molar-refractivity contribution in [2.45, 2.75) is 13.3 Å². The zero-order valence-electron chi connectivity index (χ0n) is 15.7. The number of halogens is 1. The Kier molecular flexibility index (Phi) is 5.43. The Hall–Kier alpha value is -2.67. The lowest BCUT2D eigenvalue weighted by Gasteiger charge is -2.34. The minimum Gasteiger partial charge on any atom is -0.494 e. The molecule has 0 saturated carbocycles. The molecule has 0 aliphatic carbocycles. The van der Waals surface area contributed by atoms with Gasteiger partial charge in [-0.1, -0.05) is 29.5 Å². The van der Waals surface area contributed by atoms with E-state index in [1.54, 1.807) is 6.07 Å². The average Bonchev–Trinajstić information content (AvgIpc) is 3.16. The summed E-state index contributed by atoms with van der Waals surface area (Å²) in [5.41, 5.74) is 1.41. The number of aromatic nitrogens is 1. The predicted molar refractivity (Wildman–Crippen MR) is 110 cm³/mol. The molecule has 0 spiro atoms. The summed E-state index contributed by atoms with van der Waals surface area (Å²) in [5.74, 6) is 0.655. The van der Waals surface area contributed by atoms with Gasteiger partial charge in [0.05, 0.1) is 17.7 Å². The van der Waals surface area contributed by atoms with Gasteiger partial charge in [-0.2, -0.15) is 0 Å². The number of carbonyl (C=O) groups is 1. The second-order valence-corrected chi connectivity index (χ2v) is 7.71. The van der Waals surface area contributed by atoms with Crippen molar-refractivity contribution in [1.29, 1.82) is 0 Å². The topological polar surface area (TPSA) is 45.7 Å². The molecule has 2 heterocycles. The van der Waals surface area contributed by atoms with E-state index in [4.69, 9.17) is 4.74 Å². The molecule has 0 radical (unpaired) electrons. The van der Waals surface area contributed by atoms with Gasteiger partial charge in [0.25, 0.3) is 0 Å². The molecular formula is C21H22FN3O2S. The SMILES string of the molecule is CCOc1ccc(CC(=O)N2CCN(c3nc4c(F)cccc4s3)CC2)cc1. The molecule has 1 saturated heterocycles. The lowest BCUT2D eigenvalue weighted by atomic mass is 10.1. The van der Waals surface area contributed by atoms with Crippen LogP contribution in [-0.4, -0.2) is 48.6 Å². The molecule has 1 aliphatic heterocycles. The van der Waals surface area contributed by atoms with Gasteiger partial charge in [0.1, 0.15) is 17.1 Å². The summed E-state index contributed by atoms with van der Waals surface area (Å²) in [6, 6.07) is 12.7. The lowest BCUT2D eigenvalue weighted by Crippen LogP contribution is -2.49. The third kappa shape index (κ3) is 3.94. The van der Waals surface area contributed by atoms with Crippen LogP contribution >= 0.6 is 11.3 Å². The van der Waals surface area contributed by atoms with Crippen LogP contribution in [0.1, 0.15) is 12.5 Å². The van der Waals surface area contributed by atoms with E-state index in [0.717, 1.165) is 21.1 Å². The van der Waals surface area contributed by atoms with E-state index in [0.29, 0.717) is 44.7 Å². The number of nitrogens with zero attached hydrogens (tertiary/aromatic N) is 3. The standard InChI is InChI=1S/C21H22FN3O2S/c1-2-27-16-8-6-15(7-9-16)14-19(26)24-10-12-25(13-11-24)21-23-20-17(22)4-3-5-18(20)28-21/h3-9H,2,10-14H2,1H3. The number of fused-ring (bicyclic) bond motifs is 1. The van der Waals surface area contributed by atoms with E-state index in [2.05, 4.69) is 9.88 Å². The molecule has 146 valence electrons. The fourth-order valence-electron chi connectivity index (χ4n) is 3.34. The second-order valence-electron chi connectivity index (χ2n) is 6.70. The number of piperazine rings is 1. The van der Waals surface area contributed by atoms with Crippen LogP contribution in [0.3, 0.4) is 0 Å². The maximum absolute atomic E-state index is 13.9. The Morgan fingerprint density at radius 2 is 1.89 bits per heavy atom. The summed E-state index contributed by atoms with van der Waals surface area (Å²) in [6.45, 7) is 5.28. The van der Waals surface area contributed by atoms with Crippen molar-refractivity contribution < 1.29 is 13.9 Å². The second kappa shape index (κ2) is 8.14. The lowest BCUT2D eigenvalue weighted by molar-refractivity contribution is -0.130. The molecule has 0 atom stereocenters. The number of hydrogen-bond acceptors (Lipinski definition) is 5. The highest BCUT2D eigenvalue weighted by Gasteiger charge is 2.23. The van der Waals surface area contributed by atoms with E-state index < -0.39 is 0 Å². The summed E-state index contributed by atoms with van der Waals surface area (Å²) >= 11 is 1.49. The van der Waals surface area contributed by atoms with Crippen LogP contribution < -0.4 is 9.64 Å². The Morgan fingerprint density at radius 3 is 2.57 bits per heavy atom. The summed E-state index contributed by atoms with van der Waals surface area (Å²) in [5, 5.41) is 0.818. The molecule has 1 aliphatic rings. The zero-order chi connectivity index (χ0) is 19.5. The molecule has 0 N–H and O–H groups in total. The molecule has 7 heteroatoms. The summed E-state index contributed by atoms with van der Waals surface area (Å²) < 4.78 is 20.2. The fourth-order valence-corrected chi connectivity index (χ4v) is 4.37. The Morgan fingerprint density at radius 1 is 1.14 bits per heavy atom. The first-order valence-electron chi connectivity index (χ1n) is 9.43. The number of benzene rings is 2. The van der Waals surface area contributed by atoms with Crippen molar-refractivity contribution in [3.05, 3.63) is 53.8 Å². The largest absolute Gasteiger partial charge is 0.494 e. The number of ether oxygens (including phenoxy) is 1. The molecule has 0 bridgehead atoms. The molecule has 1 amide bonds. The Bertz CT molecular complexity index is 965. The van der Waals surface area contributed by atoms with E-state index in [9.17, 15) is 9.18 Å². The molecule has 1 fully saturated rings. The Balaban J connectivity index is 1.35. The third-order valence-electron chi connectivity index (χ3n) is 4.85. The van der Waals surface area contributed by atoms with Crippen LogP contribution in [0, 0.1) is 5.82 Å². The average molecular weight is 399 g/mol. The van der Waals surface area contributed by atoms with Gasteiger partial charge in [0, 0.05) is 26.2 Å². The Labute approximate surface area is 167 Å². The first kappa shape index (κ1) is 18.7. The van der Waals surface area contributed by atoms with Crippen molar-refractivity contribution in [3.63, 3.8) is 0 Å². The van der Waals surface area contributed by atoms with Gasteiger partial charge >= 0.3 is 0 Å². The van der Waals surface area contributed by atoms with Crippen molar-refractivity contribution >= 4 is 32.6 Å². The zero-order valence-corrected chi connectivity index (χ0v) is 16.5. The smallest absolute Gasteiger partial charge is 0.227 e. The summed E-state index contributed by atoms with van der Waals surface area (Å²) in [7, 11) is 0. The van der Waals surface area contributed by atoms with Gasteiger partial charge < -0.3 is 14.5 Å². The van der Waals surface area contributed by atoms with Gasteiger partial charge in [-0.3, -0.25) is 4.79 Å². The van der Waals surface area contributed by atoms with Gasteiger partial charge in [-0.05, 0) is 36.8 Å². The third-order valence-corrected chi connectivity index (χ3v) is 5.93. The minimum atomic E-state index is -0.288. The number of thiazole rings is 1. The first-order valence-corrected chi connectivity index (χ1v) is 10.2. The number of amides is 1. The minimum absolute atomic E-state index is 0.124. The highest BCUT2D eigenvalue weighted by atomic mass is 32.1. The molecule has 28 heavy (non-hydrogen) atoms. The highest BCUT2D eigenvalue weighted by molar-refractivity contribution is 7.22. The van der Waals surface area contributed by atoms with Crippen molar-refractivity contribution in [3.8, 4) is 5.75 Å². The number of para-hydroxylation sites is 1. The maximum atomic E-state index is 13.9. The normalized spacial score (nSPS) is 14.5. The molecule has 1 aromatic heterocycles. The number of carbonyl (C=O) groups excluding carboxylic acids is 1. The molecule has 2 aromatic carbocycles. The molecular weight excluding hydrogens is 377 g/mol. The summed E-state index contributed by atoms with van der Waals surface area (Å²) in [4.78, 5) is 21.1. The van der Waals surface area contributed by atoms with E-state index in [1.165, 1.54) is 17.4 Å². The van der Waals surface area contributed by atoms with Crippen LogP contribution in [-0.2, 0) is 11.2 Å². The predicted octanol–water partition coefficient (Wildman–Crippen LogP) is 3.73. The number of anilines is 1. The van der Waals surface area contributed by atoms with Gasteiger partial charge in [0.15, 0.2) is 5.13 Å². The van der Waals surface area contributed by atoms with Crippen LogP contribution in [0.4, 0.5) is 9.52 Å². The van der Waals surface area contributed by atoms with E-state index in [1.807, 2.05) is 42.2 Å². The number of hydrogen-bond donors (Lipinski definition) is 0. The fraction of sp³-hybridized carbons (Fsp3) is 0.333. The molecule has 5 nitrogen and oxygen atoms in total. The van der Waals surface area contributed by atoms with Crippen molar-refractivity contribution in [1.82, 2.24) is 9.88 Å². The van der Waals surface area contributed by atoms with Crippen molar-refractivity contribution in [2.75, 3.05) is 37.7 Å². The summed E-state index contributed by atoms with van der Waals surface area (Å²) in [6.07, 6.45) is 0.388. The van der Waals surface area contributed by atoms with Crippen LogP contribution in [0.5, 0.6) is 5.75 Å². The number of rotatable bonds is 5. The van der Waals surface area contributed by atoms with Crippen LogP contribution in [0.2, 0.25) is 0 Å². The molecule has 3 aromatic rings. The first-order chi connectivity index (χ1) is 13.6. The van der Waals surface area contributed by atoms with Crippen molar-refractivity contribution in [2.24, 2.45) is 0 Å². The van der Waals surface area contributed by atoms with Crippen LogP contribution in [0.15, 0.2) is 42.5 Å². The van der Waals surface area contributed by atoms with Gasteiger partial charge in [-0.25, -0.2) is 9.37 Å². The molecule has 0 unspecified atom stereocenters. The van der Waals surface area contributed by atoms with E-state index >= 15 is 0 Å². The van der Waals surface area contributed by atoms with E-state index in [-0.39, 0.29) is 11.7 Å². The van der Waals surface area contributed by atoms with Gasteiger partial charge in [0.2, 0.25) is 5.91 Å².